The van der Waals surface area contributed by atoms with E-state index in [4.69, 9.17) is 0 Å². The molecule has 0 radical (unpaired) electrons. The van der Waals surface area contributed by atoms with Gasteiger partial charge in [-0.15, -0.1) is 0 Å². The fraction of sp³-hybridized carbons (Fsp3) is 0.714. The maximum Gasteiger partial charge on any atom is 0.0342 e. The van der Waals surface area contributed by atoms with Gasteiger partial charge in [0.2, 0.25) is 0 Å². The number of anilines is 1. The minimum Gasteiger partial charge on any atom is -0.382 e. The third-order valence-corrected chi connectivity index (χ3v) is 5.14. The first-order valence-corrected chi connectivity index (χ1v) is 9.67. The van der Waals surface area contributed by atoms with Crippen molar-refractivity contribution >= 4 is 5.69 Å². The Labute approximate surface area is 143 Å². The molecule has 0 spiro atoms. The van der Waals surface area contributed by atoms with E-state index in [1.165, 1.54) is 69.0 Å². The van der Waals surface area contributed by atoms with Crippen molar-refractivity contribution in [2.75, 3.05) is 19.4 Å². The quantitative estimate of drug-likeness (QED) is 0.589. The van der Waals surface area contributed by atoms with E-state index in [9.17, 15) is 0 Å². The molecule has 0 heterocycles. The lowest BCUT2D eigenvalue weighted by Crippen LogP contribution is -2.26. The van der Waals surface area contributed by atoms with Gasteiger partial charge in [-0.1, -0.05) is 51.2 Å². The largest absolute Gasteiger partial charge is 0.382 e. The van der Waals surface area contributed by atoms with Gasteiger partial charge >= 0.3 is 0 Å². The molecule has 130 valence electrons. The number of rotatable bonds is 9. The minimum absolute atomic E-state index is 0.682. The summed E-state index contributed by atoms with van der Waals surface area (Å²) in [6.07, 6.45) is 12.6. The summed E-state index contributed by atoms with van der Waals surface area (Å²) >= 11 is 0. The molecule has 1 fully saturated rings. The first-order chi connectivity index (χ1) is 11.2. The molecule has 0 atom stereocenters. The summed E-state index contributed by atoms with van der Waals surface area (Å²) in [6, 6.07) is 9.68. The van der Waals surface area contributed by atoms with Crippen LogP contribution < -0.4 is 5.32 Å². The predicted octanol–water partition coefficient (Wildman–Crippen LogP) is 5.69. The van der Waals surface area contributed by atoms with Crippen LogP contribution in [0.15, 0.2) is 24.3 Å². The fourth-order valence-corrected chi connectivity index (χ4v) is 3.76. The van der Waals surface area contributed by atoms with E-state index in [0.29, 0.717) is 6.04 Å². The summed E-state index contributed by atoms with van der Waals surface area (Å²) < 4.78 is 0. The summed E-state index contributed by atoms with van der Waals surface area (Å²) in [6.45, 7) is 3.31. The van der Waals surface area contributed by atoms with Crippen LogP contribution in [0.4, 0.5) is 5.69 Å². The van der Waals surface area contributed by atoms with Gasteiger partial charge in [0.15, 0.2) is 0 Å². The standard InChI is InChI=1S/C21H36N2/c1-4-5-6-7-8-18-9-13-20(14-10-18)22-21-15-11-19(12-16-21)17-23(2)3/h11-12,15-16,18,20,22H,4-10,13-14,17H2,1-3H3. The van der Waals surface area contributed by atoms with Crippen LogP contribution in [0.3, 0.4) is 0 Å². The molecule has 0 amide bonds. The summed E-state index contributed by atoms with van der Waals surface area (Å²) in [5, 5.41) is 3.74. The second-order valence-corrected chi connectivity index (χ2v) is 7.65. The molecule has 2 nitrogen and oxygen atoms in total. The lowest BCUT2D eigenvalue weighted by atomic mass is 9.83. The van der Waals surface area contributed by atoms with E-state index in [1.807, 2.05) is 0 Å². The average Bonchev–Trinajstić information content (AvgIpc) is 2.54. The Balaban J connectivity index is 1.67. The Bertz CT molecular complexity index is 416. The van der Waals surface area contributed by atoms with Gasteiger partial charge in [0.05, 0.1) is 0 Å². The van der Waals surface area contributed by atoms with Gasteiger partial charge in [0.25, 0.3) is 0 Å². The van der Waals surface area contributed by atoms with Crippen LogP contribution in [-0.2, 0) is 6.54 Å². The molecule has 1 aliphatic rings. The van der Waals surface area contributed by atoms with Crippen molar-refractivity contribution < 1.29 is 0 Å². The van der Waals surface area contributed by atoms with Crippen LogP contribution in [0, 0.1) is 5.92 Å². The zero-order chi connectivity index (χ0) is 16.5. The lowest BCUT2D eigenvalue weighted by molar-refractivity contribution is 0.312. The van der Waals surface area contributed by atoms with E-state index >= 15 is 0 Å². The number of nitrogens with zero attached hydrogens (tertiary/aromatic N) is 1. The molecule has 1 aromatic carbocycles. The number of hydrogen-bond acceptors (Lipinski definition) is 2. The van der Waals surface area contributed by atoms with Crippen molar-refractivity contribution in [2.24, 2.45) is 5.92 Å². The summed E-state index contributed by atoms with van der Waals surface area (Å²) in [4.78, 5) is 2.21. The van der Waals surface area contributed by atoms with E-state index in [2.05, 4.69) is 55.5 Å². The Morgan fingerprint density at radius 2 is 1.65 bits per heavy atom. The lowest BCUT2D eigenvalue weighted by Gasteiger charge is -2.30. The Morgan fingerprint density at radius 1 is 0.957 bits per heavy atom. The molecule has 2 rings (SSSR count). The normalized spacial score (nSPS) is 21.6. The molecular formula is C21H36N2. The highest BCUT2D eigenvalue weighted by molar-refractivity contribution is 5.45. The van der Waals surface area contributed by atoms with Crippen molar-refractivity contribution in [1.82, 2.24) is 4.90 Å². The van der Waals surface area contributed by atoms with Crippen LogP contribution >= 0.6 is 0 Å². The minimum atomic E-state index is 0.682. The molecule has 0 unspecified atom stereocenters. The van der Waals surface area contributed by atoms with Crippen LogP contribution in [0.5, 0.6) is 0 Å². The van der Waals surface area contributed by atoms with E-state index in [1.54, 1.807) is 0 Å². The summed E-state index contributed by atoms with van der Waals surface area (Å²) in [5.74, 6) is 0.993. The van der Waals surface area contributed by atoms with Crippen LogP contribution in [0.2, 0.25) is 0 Å². The SMILES string of the molecule is CCCCCCC1CCC(Nc2ccc(CN(C)C)cc2)CC1. The summed E-state index contributed by atoms with van der Waals surface area (Å²) in [7, 11) is 4.24. The van der Waals surface area contributed by atoms with Gasteiger partial charge < -0.3 is 10.2 Å². The van der Waals surface area contributed by atoms with Gasteiger partial charge in [-0.05, 0) is 63.4 Å². The highest BCUT2D eigenvalue weighted by atomic mass is 15.0. The Kier molecular flexibility index (Phi) is 7.94. The molecular weight excluding hydrogens is 280 g/mol. The van der Waals surface area contributed by atoms with Crippen molar-refractivity contribution in [1.29, 1.82) is 0 Å². The number of unbranched alkanes of at least 4 members (excludes halogenated alkanes) is 3. The number of hydrogen-bond donors (Lipinski definition) is 1. The zero-order valence-electron chi connectivity index (χ0n) is 15.5. The van der Waals surface area contributed by atoms with Crippen molar-refractivity contribution in [2.45, 2.75) is 77.3 Å². The van der Waals surface area contributed by atoms with E-state index in [-0.39, 0.29) is 0 Å². The van der Waals surface area contributed by atoms with Gasteiger partial charge in [-0.3, -0.25) is 0 Å². The maximum atomic E-state index is 3.74. The Hall–Kier alpha value is -1.02. The van der Waals surface area contributed by atoms with Crippen LogP contribution in [0.1, 0.15) is 70.3 Å². The zero-order valence-corrected chi connectivity index (χ0v) is 15.5. The van der Waals surface area contributed by atoms with Gasteiger partial charge in [0.1, 0.15) is 0 Å². The molecule has 0 aromatic heterocycles. The third-order valence-electron chi connectivity index (χ3n) is 5.14. The number of benzene rings is 1. The van der Waals surface area contributed by atoms with Crippen LogP contribution in [0.25, 0.3) is 0 Å². The molecule has 2 heteroatoms. The van der Waals surface area contributed by atoms with Crippen molar-refractivity contribution in [3.8, 4) is 0 Å². The second-order valence-electron chi connectivity index (χ2n) is 7.65. The third kappa shape index (κ3) is 6.95. The topological polar surface area (TPSA) is 15.3 Å². The first-order valence-electron chi connectivity index (χ1n) is 9.67. The molecule has 0 bridgehead atoms. The molecule has 1 saturated carbocycles. The van der Waals surface area contributed by atoms with Gasteiger partial charge in [0, 0.05) is 18.3 Å². The van der Waals surface area contributed by atoms with Gasteiger partial charge in [-0.25, -0.2) is 0 Å². The van der Waals surface area contributed by atoms with Crippen molar-refractivity contribution in [3.63, 3.8) is 0 Å². The molecule has 1 N–H and O–H groups in total. The van der Waals surface area contributed by atoms with Crippen LogP contribution in [-0.4, -0.2) is 25.0 Å². The summed E-state index contributed by atoms with van der Waals surface area (Å²) in [5.41, 5.74) is 2.68. The molecule has 0 aliphatic heterocycles. The van der Waals surface area contributed by atoms with Crippen molar-refractivity contribution in [3.05, 3.63) is 29.8 Å². The predicted molar refractivity (Wildman–Crippen MR) is 102 cm³/mol. The molecule has 1 aromatic rings. The van der Waals surface area contributed by atoms with Gasteiger partial charge in [-0.2, -0.15) is 0 Å². The Morgan fingerprint density at radius 3 is 2.26 bits per heavy atom. The second kappa shape index (κ2) is 9.97. The smallest absolute Gasteiger partial charge is 0.0342 e. The highest BCUT2D eigenvalue weighted by Gasteiger charge is 2.20. The highest BCUT2D eigenvalue weighted by Crippen LogP contribution is 2.30. The molecule has 0 saturated heterocycles. The molecule has 23 heavy (non-hydrogen) atoms. The van der Waals surface area contributed by atoms with E-state index in [0.717, 1.165) is 12.5 Å². The number of nitrogens with one attached hydrogen (secondary N) is 1. The maximum absolute atomic E-state index is 3.74. The fourth-order valence-electron chi connectivity index (χ4n) is 3.76. The van der Waals surface area contributed by atoms with E-state index < -0.39 is 0 Å². The first kappa shape index (κ1) is 18.3. The monoisotopic (exact) mass is 316 g/mol. The molecule has 1 aliphatic carbocycles. The average molecular weight is 317 g/mol.